The molecule has 8 heteroatoms. The summed E-state index contributed by atoms with van der Waals surface area (Å²) in [7, 11) is 1.60. The Kier molecular flexibility index (Phi) is 9.02. The number of aromatic nitrogens is 1. The fourth-order valence-electron chi connectivity index (χ4n) is 5.21. The van der Waals surface area contributed by atoms with Gasteiger partial charge in [0, 0.05) is 31.9 Å². The highest BCUT2D eigenvalue weighted by atomic mass is 35.5. The second-order valence-corrected chi connectivity index (χ2v) is 10.4. The summed E-state index contributed by atoms with van der Waals surface area (Å²) in [5.74, 6) is -1.30. The summed E-state index contributed by atoms with van der Waals surface area (Å²) >= 11 is 6.35. The van der Waals surface area contributed by atoms with Crippen LogP contribution in [0.2, 0.25) is 5.02 Å². The Morgan fingerprint density at radius 1 is 1.08 bits per heavy atom. The van der Waals surface area contributed by atoms with Gasteiger partial charge in [-0.2, -0.15) is 0 Å². The van der Waals surface area contributed by atoms with Crippen molar-refractivity contribution in [3.05, 3.63) is 93.4 Å². The van der Waals surface area contributed by atoms with Crippen LogP contribution < -0.4 is 10.9 Å². The minimum absolute atomic E-state index is 0.134. The lowest BCUT2D eigenvalue weighted by molar-refractivity contribution is -0.144. The number of benzene rings is 2. The number of amides is 1. The molecule has 1 aliphatic carbocycles. The number of methoxy groups -OCH3 is 1. The zero-order chi connectivity index (χ0) is 27.1. The Bertz CT molecular complexity index is 1310. The van der Waals surface area contributed by atoms with Crippen LogP contribution in [0.25, 0.3) is 11.1 Å². The Morgan fingerprint density at radius 3 is 2.39 bits per heavy atom. The molecule has 38 heavy (non-hydrogen) atoms. The molecule has 2 N–H and O–H groups in total. The Morgan fingerprint density at radius 2 is 1.76 bits per heavy atom. The lowest BCUT2D eigenvalue weighted by atomic mass is 9.81. The monoisotopic (exact) mass is 536 g/mol. The number of aliphatic carboxylic acids is 1. The van der Waals surface area contributed by atoms with E-state index in [1.54, 1.807) is 48.2 Å². The molecule has 2 aromatic carbocycles. The van der Waals surface area contributed by atoms with Gasteiger partial charge in [-0.05, 0) is 42.0 Å². The molecular formula is C30H33ClN2O5. The van der Waals surface area contributed by atoms with Gasteiger partial charge in [-0.1, -0.05) is 79.0 Å². The molecule has 0 bridgehead atoms. The van der Waals surface area contributed by atoms with Crippen molar-refractivity contribution in [3.63, 3.8) is 0 Å². The molecule has 0 aliphatic heterocycles. The SMILES string of the molecule is COCCC1(C(=O)NC(Cc2ccc(-c3cc(Cl)cn(Cc4ccccc4)c3=O)cc2)C(=O)O)CCCC1. The van der Waals surface area contributed by atoms with Crippen LogP contribution in [0.4, 0.5) is 0 Å². The quantitative estimate of drug-likeness (QED) is 0.362. The van der Waals surface area contributed by atoms with Crippen molar-refractivity contribution in [2.75, 3.05) is 13.7 Å². The van der Waals surface area contributed by atoms with Crippen LogP contribution in [-0.2, 0) is 27.3 Å². The molecule has 7 nitrogen and oxygen atoms in total. The normalized spacial score (nSPS) is 15.2. The molecule has 1 heterocycles. The van der Waals surface area contributed by atoms with Crippen LogP contribution in [0.5, 0.6) is 0 Å². The highest BCUT2D eigenvalue weighted by Gasteiger charge is 2.42. The molecule has 0 spiro atoms. The Hall–Kier alpha value is -3.42. The highest BCUT2D eigenvalue weighted by Crippen LogP contribution is 2.41. The number of hydrogen-bond acceptors (Lipinski definition) is 4. The van der Waals surface area contributed by atoms with Crippen molar-refractivity contribution in [2.45, 2.75) is 51.1 Å². The van der Waals surface area contributed by atoms with E-state index in [0.717, 1.165) is 36.8 Å². The summed E-state index contributed by atoms with van der Waals surface area (Å²) in [6.45, 7) is 0.861. The molecule has 1 amide bonds. The van der Waals surface area contributed by atoms with Gasteiger partial charge in [-0.3, -0.25) is 9.59 Å². The first kappa shape index (κ1) is 27.6. The van der Waals surface area contributed by atoms with Gasteiger partial charge in [0.2, 0.25) is 5.91 Å². The van der Waals surface area contributed by atoms with Gasteiger partial charge in [0.1, 0.15) is 6.04 Å². The molecule has 1 atom stereocenters. The number of rotatable bonds is 11. The second kappa shape index (κ2) is 12.4. The van der Waals surface area contributed by atoms with Crippen molar-refractivity contribution in [1.82, 2.24) is 9.88 Å². The van der Waals surface area contributed by atoms with Gasteiger partial charge in [0.25, 0.3) is 5.56 Å². The third-order valence-electron chi connectivity index (χ3n) is 7.38. The average molecular weight is 537 g/mol. The van der Waals surface area contributed by atoms with Crippen LogP contribution in [0.1, 0.15) is 43.2 Å². The zero-order valence-corrected chi connectivity index (χ0v) is 22.2. The molecule has 1 unspecified atom stereocenters. The molecule has 1 aliphatic rings. The summed E-state index contributed by atoms with van der Waals surface area (Å²) in [5.41, 5.74) is 2.14. The van der Waals surface area contributed by atoms with Crippen molar-refractivity contribution < 1.29 is 19.4 Å². The van der Waals surface area contributed by atoms with Gasteiger partial charge >= 0.3 is 5.97 Å². The van der Waals surface area contributed by atoms with Gasteiger partial charge in [-0.25, -0.2) is 4.79 Å². The molecule has 1 fully saturated rings. The van der Waals surface area contributed by atoms with E-state index in [9.17, 15) is 19.5 Å². The van der Waals surface area contributed by atoms with E-state index in [4.69, 9.17) is 16.3 Å². The fraction of sp³-hybridized carbons (Fsp3) is 0.367. The second-order valence-electron chi connectivity index (χ2n) is 9.99. The van der Waals surface area contributed by atoms with E-state index < -0.39 is 17.4 Å². The molecule has 1 saturated carbocycles. The number of hydrogen-bond donors (Lipinski definition) is 2. The molecule has 3 aromatic rings. The predicted octanol–water partition coefficient (Wildman–Crippen LogP) is 4.93. The van der Waals surface area contributed by atoms with E-state index >= 15 is 0 Å². The average Bonchev–Trinajstić information content (AvgIpc) is 3.40. The molecule has 200 valence electrons. The number of carboxylic acid groups (broad SMARTS) is 1. The minimum Gasteiger partial charge on any atom is -0.480 e. The van der Waals surface area contributed by atoms with Gasteiger partial charge in [0.15, 0.2) is 0 Å². The predicted molar refractivity (Wildman–Crippen MR) is 147 cm³/mol. The number of halogens is 1. The van der Waals surface area contributed by atoms with Crippen LogP contribution >= 0.6 is 11.6 Å². The summed E-state index contributed by atoms with van der Waals surface area (Å²) in [6.07, 6.45) is 5.72. The van der Waals surface area contributed by atoms with Crippen molar-refractivity contribution >= 4 is 23.5 Å². The van der Waals surface area contributed by atoms with Gasteiger partial charge in [0.05, 0.1) is 17.0 Å². The lowest BCUT2D eigenvalue weighted by Gasteiger charge is -2.29. The highest BCUT2D eigenvalue weighted by molar-refractivity contribution is 6.30. The van der Waals surface area contributed by atoms with E-state index in [-0.39, 0.29) is 17.9 Å². The molecule has 4 rings (SSSR count). The molecule has 0 saturated heterocycles. The summed E-state index contributed by atoms with van der Waals surface area (Å²) in [6, 6.07) is 17.4. The fourth-order valence-corrected chi connectivity index (χ4v) is 5.44. The van der Waals surface area contributed by atoms with Crippen LogP contribution in [0.3, 0.4) is 0 Å². The summed E-state index contributed by atoms with van der Waals surface area (Å²) < 4.78 is 6.78. The van der Waals surface area contributed by atoms with E-state index in [1.165, 1.54) is 0 Å². The number of nitrogens with zero attached hydrogens (tertiary/aromatic N) is 1. The number of ether oxygens (including phenoxy) is 1. The first-order valence-electron chi connectivity index (χ1n) is 12.9. The maximum Gasteiger partial charge on any atom is 0.326 e. The molecule has 1 aromatic heterocycles. The van der Waals surface area contributed by atoms with Crippen molar-refractivity contribution in [1.29, 1.82) is 0 Å². The van der Waals surface area contributed by atoms with Crippen LogP contribution in [0, 0.1) is 5.41 Å². The van der Waals surface area contributed by atoms with Gasteiger partial charge < -0.3 is 19.7 Å². The van der Waals surface area contributed by atoms with Gasteiger partial charge in [-0.15, -0.1) is 0 Å². The van der Waals surface area contributed by atoms with Crippen molar-refractivity contribution in [3.8, 4) is 11.1 Å². The maximum absolute atomic E-state index is 13.2. The Labute approximate surface area is 227 Å². The molecular weight excluding hydrogens is 504 g/mol. The number of carboxylic acids is 1. The third kappa shape index (κ3) is 6.52. The topological polar surface area (TPSA) is 97.6 Å². The minimum atomic E-state index is -1.08. The number of pyridine rings is 1. The lowest BCUT2D eigenvalue weighted by Crippen LogP contribution is -2.49. The number of carbonyl (C=O) groups is 2. The maximum atomic E-state index is 13.2. The zero-order valence-electron chi connectivity index (χ0n) is 21.5. The standard InChI is InChI=1S/C30H33ClN2O5/c1-38-16-15-30(13-5-6-14-30)29(37)32-26(28(35)36)17-21-9-11-23(12-10-21)25-18-24(31)20-33(27(25)34)19-22-7-3-2-4-8-22/h2-4,7-12,18,20,26H,5-6,13-17,19H2,1H3,(H,32,37)(H,35,36). The van der Waals surface area contributed by atoms with E-state index in [2.05, 4.69) is 5.32 Å². The van der Waals surface area contributed by atoms with Crippen molar-refractivity contribution in [2.24, 2.45) is 5.41 Å². The first-order valence-corrected chi connectivity index (χ1v) is 13.2. The van der Waals surface area contributed by atoms with E-state index in [0.29, 0.717) is 35.7 Å². The van der Waals surface area contributed by atoms with E-state index in [1.807, 2.05) is 30.3 Å². The summed E-state index contributed by atoms with van der Waals surface area (Å²) in [4.78, 5) is 38.4. The number of nitrogens with one attached hydrogen (secondary N) is 1. The first-order chi connectivity index (χ1) is 18.3. The third-order valence-corrected chi connectivity index (χ3v) is 7.59. The number of carbonyl (C=O) groups excluding carboxylic acids is 1. The smallest absolute Gasteiger partial charge is 0.326 e. The molecule has 0 radical (unpaired) electrons. The van der Waals surface area contributed by atoms with Crippen LogP contribution in [-0.4, -0.2) is 41.3 Å². The summed E-state index contributed by atoms with van der Waals surface area (Å²) in [5, 5.41) is 13.1. The van der Waals surface area contributed by atoms with Crippen LogP contribution in [0.15, 0.2) is 71.7 Å². The Balaban J connectivity index is 1.50. The largest absolute Gasteiger partial charge is 0.480 e.